The summed E-state index contributed by atoms with van der Waals surface area (Å²) in [5.74, 6) is 0.0377. The normalized spacial score (nSPS) is 19.0. The molecule has 1 fully saturated rings. The molecule has 2 aromatic carbocycles. The van der Waals surface area contributed by atoms with E-state index in [0.29, 0.717) is 0 Å². The quantitative estimate of drug-likeness (QED) is 0.773. The van der Waals surface area contributed by atoms with Crippen molar-refractivity contribution in [2.24, 2.45) is 0 Å². The van der Waals surface area contributed by atoms with Gasteiger partial charge in [-0.3, -0.25) is 4.90 Å². The van der Waals surface area contributed by atoms with Gasteiger partial charge in [-0.1, -0.05) is 80.4 Å². The molecule has 3 rings (SSSR count). The average Bonchev–Trinajstić information content (AvgIpc) is 2.72. The Kier molecular flexibility index (Phi) is 6.84. The van der Waals surface area contributed by atoms with Crippen molar-refractivity contribution in [2.75, 3.05) is 32.8 Å². The van der Waals surface area contributed by atoms with Gasteiger partial charge in [-0.2, -0.15) is 0 Å². The van der Waals surface area contributed by atoms with Gasteiger partial charge in [0.15, 0.2) is 0 Å². The first kappa shape index (κ1) is 19.1. The van der Waals surface area contributed by atoms with Crippen molar-refractivity contribution in [2.45, 2.75) is 37.7 Å². The number of nitrogens with zero attached hydrogens (tertiary/aromatic N) is 1. The third-order valence-electron chi connectivity index (χ3n) is 5.51. The van der Waals surface area contributed by atoms with Gasteiger partial charge in [-0.05, 0) is 17.5 Å². The summed E-state index contributed by atoms with van der Waals surface area (Å²) in [6.07, 6.45) is 2.86. The first-order chi connectivity index (χ1) is 12.7. The van der Waals surface area contributed by atoms with Gasteiger partial charge >= 0.3 is 0 Å². The van der Waals surface area contributed by atoms with E-state index in [2.05, 4.69) is 48.2 Å². The number of rotatable bonds is 8. The zero-order valence-electron chi connectivity index (χ0n) is 15.8. The second-order valence-corrected chi connectivity index (χ2v) is 7.27. The zero-order valence-corrected chi connectivity index (χ0v) is 15.8. The standard InChI is InChI=1S/C23H31NO2/c1-2-3-14-23(25,21-12-8-5-9-13-21)22(20-10-6-4-7-11-20)19-24-15-17-26-18-16-24/h4-13,22,25H,2-3,14-19H2,1H3/t22-,23-/m1/s1. The monoisotopic (exact) mass is 353 g/mol. The molecular weight excluding hydrogens is 322 g/mol. The highest BCUT2D eigenvalue weighted by Crippen LogP contribution is 2.41. The van der Waals surface area contributed by atoms with Crippen LogP contribution >= 0.6 is 0 Å². The number of ether oxygens (including phenoxy) is 1. The minimum atomic E-state index is -0.864. The van der Waals surface area contributed by atoms with Crippen molar-refractivity contribution in [3.63, 3.8) is 0 Å². The van der Waals surface area contributed by atoms with Gasteiger partial charge in [0, 0.05) is 25.6 Å². The topological polar surface area (TPSA) is 32.7 Å². The second-order valence-electron chi connectivity index (χ2n) is 7.27. The molecular formula is C23H31NO2. The molecule has 0 amide bonds. The fraction of sp³-hybridized carbons (Fsp3) is 0.478. The molecule has 1 heterocycles. The number of aliphatic hydroxyl groups is 1. The minimum Gasteiger partial charge on any atom is -0.384 e. The van der Waals surface area contributed by atoms with Crippen molar-refractivity contribution >= 4 is 0 Å². The van der Waals surface area contributed by atoms with Crippen molar-refractivity contribution < 1.29 is 9.84 Å². The van der Waals surface area contributed by atoms with Crippen LogP contribution in [0.2, 0.25) is 0 Å². The van der Waals surface area contributed by atoms with Crippen LogP contribution in [-0.2, 0) is 10.3 Å². The number of hydrogen-bond acceptors (Lipinski definition) is 3. The van der Waals surface area contributed by atoms with E-state index < -0.39 is 5.60 Å². The lowest BCUT2D eigenvalue weighted by Gasteiger charge is -2.41. The van der Waals surface area contributed by atoms with Gasteiger partial charge in [0.2, 0.25) is 0 Å². The van der Waals surface area contributed by atoms with Crippen LogP contribution in [0, 0.1) is 0 Å². The fourth-order valence-electron chi connectivity index (χ4n) is 3.95. The molecule has 26 heavy (non-hydrogen) atoms. The lowest BCUT2D eigenvalue weighted by Crippen LogP contribution is -2.45. The third kappa shape index (κ3) is 4.53. The van der Waals surface area contributed by atoms with E-state index in [-0.39, 0.29) is 5.92 Å². The van der Waals surface area contributed by atoms with E-state index in [0.717, 1.165) is 57.7 Å². The number of benzene rings is 2. The Morgan fingerprint density at radius 3 is 2.23 bits per heavy atom. The summed E-state index contributed by atoms with van der Waals surface area (Å²) in [4.78, 5) is 2.43. The maximum Gasteiger partial charge on any atom is 0.0977 e. The molecule has 0 aliphatic carbocycles. The largest absolute Gasteiger partial charge is 0.384 e. The van der Waals surface area contributed by atoms with Crippen LogP contribution in [0.1, 0.15) is 43.2 Å². The Morgan fingerprint density at radius 2 is 1.62 bits per heavy atom. The summed E-state index contributed by atoms with van der Waals surface area (Å²) in [5.41, 5.74) is 1.37. The zero-order chi connectivity index (χ0) is 18.2. The van der Waals surface area contributed by atoms with Crippen LogP contribution in [0.4, 0.5) is 0 Å². The number of hydrogen-bond donors (Lipinski definition) is 1. The molecule has 0 spiro atoms. The lowest BCUT2D eigenvalue weighted by atomic mass is 9.74. The first-order valence-electron chi connectivity index (χ1n) is 9.87. The van der Waals surface area contributed by atoms with Crippen molar-refractivity contribution in [1.29, 1.82) is 0 Å². The molecule has 2 aromatic rings. The SMILES string of the molecule is CCCC[C@@](O)(c1ccccc1)[C@H](CN1CCOCC1)c1ccccc1. The van der Waals surface area contributed by atoms with E-state index >= 15 is 0 Å². The molecule has 1 aliphatic rings. The molecule has 140 valence electrons. The summed E-state index contributed by atoms with van der Waals surface area (Å²) in [6.45, 7) is 6.46. The van der Waals surface area contributed by atoms with Gasteiger partial charge in [0.1, 0.15) is 0 Å². The Labute approximate surface area is 157 Å². The molecule has 2 atom stereocenters. The summed E-state index contributed by atoms with van der Waals surface area (Å²) in [5, 5.41) is 12.0. The van der Waals surface area contributed by atoms with Gasteiger partial charge in [0.25, 0.3) is 0 Å². The van der Waals surface area contributed by atoms with Gasteiger partial charge in [-0.25, -0.2) is 0 Å². The molecule has 1 saturated heterocycles. The first-order valence-corrected chi connectivity index (χ1v) is 9.87. The molecule has 0 radical (unpaired) electrons. The van der Waals surface area contributed by atoms with Crippen molar-refractivity contribution in [3.8, 4) is 0 Å². The molecule has 1 aliphatic heterocycles. The van der Waals surface area contributed by atoms with Crippen molar-refractivity contribution in [1.82, 2.24) is 4.90 Å². The molecule has 0 saturated carbocycles. The molecule has 0 aromatic heterocycles. The highest BCUT2D eigenvalue weighted by Gasteiger charge is 2.39. The highest BCUT2D eigenvalue weighted by atomic mass is 16.5. The molecule has 0 unspecified atom stereocenters. The maximum atomic E-state index is 12.0. The smallest absolute Gasteiger partial charge is 0.0977 e. The van der Waals surface area contributed by atoms with Crippen LogP contribution < -0.4 is 0 Å². The summed E-state index contributed by atoms with van der Waals surface area (Å²) < 4.78 is 5.52. The Morgan fingerprint density at radius 1 is 1.00 bits per heavy atom. The van der Waals surface area contributed by atoms with E-state index in [9.17, 15) is 5.11 Å². The van der Waals surface area contributed by atoms with E-state index in [1.54, 1.807) is 0 Å². The number of unbranched alkanes of at least 4 members (excludes halogenated alkanes) is 1. The lowest BCUT2D eigenvalue weighted by molar-refractivity contribution is -0.0293. The van der Waals surface area contributed by atoms with Crippen molar-refractivity contribution in [3.05, 3.63) is 71.8 Å². The highest BCUT2D eigenvalue weighted by molar-refractivity contribution is 5.31. The van der Waals surface area contributed by atoms with E-state index in [1.165, 1.54) is 5.56 Å². The summed E-state index contributed by atoms with van der Waals surface area (Å²) in [7, 11) is 0. The predicted molar refractivity (Wildman–Crippen MR) is 106 cm³/mol. The molecule has 1 N–H and O–H groups in total. The maximum absolute atomic E-state index is 12.0. The Bertz CT molecular complexity index is 640. The molecule has 0 bridgehead atoms. The average molecular weight is 354 g/mol. The number of morpholine rings is 1. The molecule has 3 nitrogen and oxygen atoms in total. The summed E-state index contributed by atoms with van der Waals surface area (Å²) >= 11 is 0. The Hall–Kier alpha value is -1.68. The molecule has 3 heteroatoms. The van der Waals surface area contributed by atoms with E-state index in [4.69, 9.17) is 4.74 Å². The van der Waals surface area contributed by atoms with Gasteiger partial charge in [0.05, 0.1) is 18.8 Å². The third-order valence-corrected chi connectivity index (χ3v) is 5.51. The predicted octanol–water partition coefficient (Wildman–Crippen LogP) is 4.18. The second kappa shape index (κ2) is 9.31. The Balaban J connectivity index is 1.97. The van der Waals surface area contributed by atoms with Crippen LogP contribution in [0.15, 0.2) is 60.7 Å². The van der Waals surface area contributed by atoms with Crippen LogP contribution in [0.3, 0.4) is 0 Å². The van der Waals surface area contributed by atoms with Crippen LogP contribution in [-0.4, -0.2) is 42.9 Å². The summed E-state index contributed by atoms with van der Waals surface area (Å²) in [6, 6.07) is 20.7. The van der Waals surface area contributed by atoms with Gasteiger partial charge < -0.3 is 9.84 Å². The van der Waals surface area contributed by atoms with Crippen LogP contribution in [0.5, 0.6) is 0 Å². The van der Waals surface area contributed by atoms with E-state index in [1.807, 2.05) is 24.3 Å². The van der Waals surface area contributed by atoms with Gasteiger partial charge in [-0.15, -0.1) is 0 Å². The van der Waals surface area contributed by atoms with Crippen LogP contribution in [0.25, 0.3) is 0 Å². The minimum absolute atomic E-state index is 0.0377. The fourth-order valence-corrected chi connectivity index (χ4v) is 3.95.